The second kappa shape index (κ2) is 10.0. The summed E-state index contributed by atoms with van der Waals surface area (Å²) in [6, 6.07) is 43.6. The maximum absolute atomic E-state index is 6.51. The molecule has 0 aliphatic carbocycles. The first kappa shape index (κ1) is 25.5. The predicted molar refractivity (Wildman–Crippen MR) is 182 cm³/mol. The Labute approximate surface area is 259 Å². The van der Waals surface area contributed by atoms with Crippen LogP contribution in [0.4, 0.5) is 5.69 Å². The van der Waals surface area contributed by atoms with E-state index in [-0.39, 0.29) is 0 Å². The molecule has 0 fully saturated rings. The van der Waals surface area contributed by atoms with Crippen molar-refractivity contribution >= 4 is 55.1 Å². The van der Waals surface area contributed by atoms with Crippen LogP contribution in [0.1, 0.15) is 5.56 Å². The number of furan rings is 1. The van der Waals surface area contributed by atoms with E-state index >= 15 is 0 Å². The molecule has 4 heterocycles. The number of nitrogens with zero attached hydrogens (tertiary/aromatic N) is 4. The fourth-order valence-corrected chi connectivity index (χ4v) is 6.51. The number of hydrogen-bond acceptors (Lipinski definition) is 5. The van der Waals surface area contributed by atoms with Gasteiger partial charge in [-0.05, 0) is 42.0 Å². The summed E-state index contributed by atoms with van der Waals surface area (Å²) in [6.45, 7) is 0.766. The van der Waals surface area contributed by atoms with Crippen LogP contribution in [0.25, 0.3) is 55.3 Å². The van der Waals surface area contributed by atoms with Gasteiger partial charge in [-0.15, -0.1) is 0 Å². The molecule has 216 valence electrons. The zero-order valence-corrected chi connectivity index (χ0v) is 24.6. The van der Waals surface area contributed by atoms with E-state index in [0.29, 0.717) is 0 Å². The highest BCUT2D eigenvalue weighted by Gasteiger charge is 2.21. The van der Waals surface area contributed by atoms with Gasteiger partial charge < -0.3 is 19.0 Å². The zero-order valence-electron chi connectivity index (χ0n) is 24.6. The van der Waals surface area contributed by atoms with Crippen molar-refractivity contribution in [1.82, 2.24) is 14.5 Å². The highest BCUT2D eigenvalue weighted by atomic mass is 16.5. The molecule has 0 radical (unpaired) electrons. The first-order valence-electron chi connectivity index (χ1n) is 15.0. The quantitative estimate of drug-likeness (QED) is 0.202. The molecule has 6 nitrogen and oxygen atoms in total. The summed E-state index contributed by atoms with van der Waals surface area (Å²) in [7, 11) is 2.12. The molecule has 0 bridgehead atoms. The summed E-state index contributed by atoms with van der Waals surface area (Å²) in [5.41, 5.74) is 7.23. The van der Waals surface area contributed by atoms with Crippen LogP contribution in [0.2, 0.25) is 0 Å². The molecule has 3 aromatic heterocycles. The lowest BCUT2D eigenvalue weighted by atomic mass is 10.1. The fraction of sp³-hybridized carbons (Fsp3) is 0.0513. The van der Waals surface area contributed by atoms with Crippen molar-refractivity contribution in [3.05, 3.63) is 145 Å². The molecule has 1 aliphatic heterocycles. The van der Waals surface area contributed by atoms with E-state index in [9.17, 15) is 0 Å². The first-order chi connectivity index (χ1) is 22.2. The lowest BCUT2D eigenvalue weighted by Crippen LogP contribution is -2.22. The second-order valence-electron chi connectivity index (χ2n) is 11.5. The van der Waals surface area contributed by atoms with Crippen LogP contribution in [0.5, 0.6) is 11.5 Å². The average Bonchev–Trinajstić information content (AvgIpc) is 3.76. The van der Waals surface area contributed by atoms with E-state index in [4.69, 9.17) is 14.1 Å². The first-order valence-corrected chi connectivity index (χ1v) is 15.0. The van der Waals surface area contributed by atoms with Crippen LogP contribution in [0.15, 0.2) is 144 Å². The maximum Gasteiger partial charge on any atom is 0.141 e. The normalized spacial score (nSPS) is 13.4. The standard InChI is InChI=1S/C39H28N4O2/c1-41-25-42(24-36(41)26-10-3-2-4-11-26)27-12-9-13-28(20-27)44-29-18-19-31-30-14-5-7-16-34(30)43(35(31)21-29)39-22-38-33(23-40-39)32-15-6-8-17-37(32)45-38/h2-24H,25H2,1H3. The largest absolute Gasteiger partial charge is 0.457 e. The monoisotopic (exact) mass is 584 g/mol. The van der Waals surface area contributed by atoms with E-state index in [1.807, 2.05) is 54.7 Å². The van der Waals surface area contributed by atoms with Gasteiger partial charge >= 0.3 is 0 Å². The molecule has 0 saturated heterocycles. The van der Waals surface area contributed by atoms with Gasteiger partial charge in [0.2, 0.25) is 0 Å². The minimum Gasteiger partial charge on any atom is -0.457 e. The van der Waals surface area contributed by atoms with E-state index in [2.05, 4.69) is 106 Å². The molecule has 1 aliphatic rings. The number of benzene rings is 5. The van der Waals surface area contributed by atoms with Crippen molar-refractivity contribution < 1.29 is 9.15 Å². The van der Waals surface area contributed by atoms with E-state index < -0.39 is 0 Å². The van der Waals surface area contributed by atoms with Crippen molar-refractivity contribution in [3.63, 3.8) is 0 Å². The van der Waals surface area contributed by atoms with Gasteiger partial charge in [0.25, 0.3) is 0 Å². The predicted octanol–water partition coefficient (Wildman–Crippen LogP) is 9.58. The number of aromatic nitrogens is 2. The van der Waals surface area contributed by atoms with Crippen LogP contribution >= 0.6 is 0 Å². The van der Waals surface area contributed by atoms with Gasteiger partial charge in [-0.25, -0.2) is 4.98 Å². The molecule has 0 atom stereocenters. The van der Waals surface area contributed by atoms with Crippen LogP contribution in [-0.4, -0.2) is 28.2 Å². The molecule has 45 heavy (non-hydrogen) atoms. The van der Waals surface area contributed by atoms with Crippen molar-refractivity contribution in [2.45, 2.75) is 0 Å². The van der Waals surface area contributed by atoms with Crippen LogP contribution in [-0.2, 0) is 0 Å². The maximum atomic E-state index is 6.51. The van der Waals surface area contributed by atoms with Crippen LogP contribution in [0.3, 0.4) is 0 Å². The summed E-state index contributed by atoms with van der Waals surface area (Å²) < 4.78 is 14.9. The Morgan fingerprint density at radius 3 is 2.33 bits per heavy atom. The molecule has 0 unspecified atom stereocenters. The third-order valence-electron chi connectivity index (χ3n) is 8.63. The molecule has 0 spiro atoms. The smallest absolute Gasteiger partial charge is 0.141 e. The topological polar surface area (TPSA) is 46.7 Å². The number of anilines is 1. The van der Waals surface area contributed by atoms with Crippen molar-refractivity contribution in [2.24, 2.45) is 0 Å². The van der Waals surface area contributed by atoms with Gasteiger partial charge in [0.15, 0.2) is 0 Å². The minimum absolute atomic E-state index is 0.757. The molecule has 8 aromatic rings. The Morgan fingerprint density at radius 1 is 0.644 bits per heavy atom. The summed E-state index contributed by atoms with van der Waals surface area (Å²) in [4.78, 5) is 9.43. The third-order valence-corrected chi connectivity index (χ3v) is 8.63. The Balaban J connectivity index is 1.10. The van der Waals surface area contributed by atoms with Crippen LogP contribution < -0.4 is 9.64 Å². The molecular formula is C39H28N4O2. The van der Waals surface area contributed by atoms with Gasteiger partial charge in [-0.3, -0.25) is 4.57 Å². The molecule has 5 aromatic carbocycles. The highest BCUT2D eigenvalue weighted by Crippen LogP contribution is 2.37. The van der Waals surface area contributed by atoms with Crippen molar-refractivity contribution in [2.75, 3.05) is 18.6 Å². The lowest BCUT2D eigenvalue weighted by Gasteiger charge is -2.20. The number of ether oxygens (including phenoxy) is 1. The summed E-state index contributed by atoms with van der Waals surface area (Å²) in [6.07, 6.45) is 4.11. The average molecular weight is 585 g/mol. The Bertz CT molecular complexity index is 2420. The molecule has 6 heteroatoms. The van der Waals surface area contributed by atoms with Crippen LogP contribution in [0, 0.1) is 0 Å². The third kappa shape index (κ3) is 4.22. The SMILES string of the molecule is CN1CN(c2cccc(Oc3ccc4c5ccccc5n(-c5cc6oc7ccccc7c6cn5)c4c3)c2)C=C1c1ccccc1. The van der Waals surface area contributed by atoms with Gasteiger partial charge in [0, 0.05) is 64.9 Å². The van der Waals surface area contributed by atoms with E-state index in [1.54, 1.807) is 0 Å². The summed E-state index contributed by atoms with van der Waals surface area (Å²) >= 11 is 0. The van der Waals surface area contributed by atoms with E-state index in [1.165, 1.54) is 11.3 Å². The number of hydrogen-bond donors (Lipinski definition) is 0. The number of fused-ring (bicyclic) bond motifs is 6. The minimum atomic E-state index is 0.757. The Morgan fingerprint density at radius 2 is 1.42 bits per heavy atom. The van der Waals surface area contributed by atoms with Gasteiger partial charge in [-0.1, -0.05) is 72.8 Å². The number of pyridine rings is 1. The van der Waals surface area contributed by atoms with Gasteiger partial charge in [0.1, 0.15) is 28.5 Å². The summed E-state index contributed by atoms with van der Waals surface area (Å²) in [5.74, 6) is 2.33. The fourth-order valence-electron chi connectivity index (χ4n) is 6.51. The Kier molecular flexibility index (Phi) is 5.68. The molecule has 0 saturated carbocycles. The van der Waals surface area contributed by atoms with Crippen molar-refractivity contribution in [3.8, 4) is 17.3 Å². The molecule has 9 rings (SSSR count). The highest BCUT2D eigenvalue weighted by molar-refractivity contribution is 6.10. The lowest BCUT2D eigenvalue weighted by molar-refractivity contribution is 0.482. The number of rotatable bonds is 5. The zero-order chi connectivity index (χ0) is 29.9. The van der Waals surface area contributed by atoms with Crippen molar-refractivity contribution in [1.29, 1.82) is 0 Å². The van der Waals surface area contributed by atoms with Gasteiger partial charge in [-0.2, -0.15) is 0 Å². The number of para-hydroxylation sites is 2. The van der Waals surface area contributed by atoms with Gasteiger partial charge in [0.05, 0.1) is 23.4 Å². The molecular weight excluding hydrogens is 556 g/mol. The second-order valence-corrected chi connectivity index (χ2v) is 11.5. The molecule has 0 N–H and O–H groups in total. The Hall–Kier alpha value is -6.01. The van der Waals surface area contributed by atoms with E-state index in [0.717, 1.165) is 73.4 Å². The summed E-state index contributed by atoms with van der Waals surface area (Å²) in [5, 5.41) is 4.37. The molecule has 0 amide bonds.